The van der Waals surface area contributed by atoms with Crippen molar-refractivity contribution in [2.24, 2.45) is 0 Å². The first-order chi connectivity index (χ1) is 8.38. The van der Waals surface area contributed by atoms with Crippen molar-refractivity contribution in [1.29, 1.82) is 0 Å². The highest BCUT2D eigenvalue weighted by Gasteiger charge is 2.32. The molecule has 0 bridgehead atoms. The number of hydrogen-bond donors (Lipinski definition) is 1. The first kappa shape index (κ1) is 15.2. The molecule has 18 heavy (non-hydrogen) atoms. The van der Waals surface area contributed by atoms with Gasteiger partial charge in [0.15, 0.2) is 0 Å². The van der Waals surface area contributed by atoms with E-state index in [1.165, 1.54) is 4.88 Å². The molecule has 0 atom stereocenters. The van der Waals surface area contributed by atoms with Crippen LogP contribution in [0.5, 0.6) is 0 Å². The zero-order valence-electron chi connectivity index (χ0n) is 12.0. The highest BCUT2D eigenvalue weighted by Crippen LogP contribution is 2.18. The average Bonchev–Trinajstić information content (AvgIpc) is 2.77. The van der Waals surface area contributed by atoms with E-state index in [2.05, 4.69) is 25.2 Å². The molecule has 1 rings (SSSR count). The maximum atomic E-state index is 12.6. The summed E-state index contributed by atoms with van der Waals surface area (Å²) in [5.74, 6) is 0.160. The van der Waals surface area contributed by atoms with Gasteiger partial charge in [0.1, 0.15) is 0 Å². The van der Waals surface area contributed by atoms with Gasteiger partial charge in [0, 0.05) is 10.9 Å². The maximum Gasteiger partial charge on any atom is 0.242 e. The van der Waals surface area contributed by atoms with Crippen molar-refractivity contribution in [2.75, 3.05) is 6.54 Å². The third kappa shape index (κ3) is 3.82. The third-order valence-corrected chi connectivity index (χ3v) is 3.81. The lowest BCUT2D eigenvalue weighted by atomic mass is 10.0. The van der Waals surface area contributed by atoms with Gasteiger partial charge in [-0.3, -0.25) is 4.79 Å². The number of carbonyl (C=O) groups is 1. The second kappa shape index (κ2) is 6.34. The van der Waals surface area contributed by atoms with Crippen molar-refractivity contribution >= 4 is 17.2 Å². The van der Waals surface area contributed by atoms with Crippen LogP contribution in [0.25, 0.3) is 0 Å². The van der Waals surface area contributed by atoms with Crippen LogP contribution in [0.4, 0.5) is 0 Å². The second-order valence-electron chi connectivity index (χ2n) is 5.26. The van der Waals surface area contributed by atoms with Crippen LogP contribution in [0, 0.1) is 0 Å². The molecular weight excluding hydrogens is 244 g/mol. The Hall–Kier alpha value is -0.870. The lowest BCUT2D eigenvalue weighted by Crippen LogP contribution is -2.55. The van der Waals surface area contributed by atoms with E-state index in [1.54, 1.807) is 11.3 Å². The number of nitrogens with one attached hydrogen (secondary N) is 1. The van der Waals surface area contributed by atoms with Gasteiger partial charge in [0.25, 0.3) is 0 Å². The van der Waals surface area contributed by atoms with E-state index in [0.29, 0.717) is 6.54 Å². The molecule has 1 aromatic rings. The van der Waals surface area contributed by atoms with Crippen LogP contribution in [0.2, 0.25) is 0 Å². The molecule has 0 aliphatic rings. The molecule has 1 aromatic heterocycles. The van der Waals surface area contributed by atoms with E-state index in [1.807, 2.05) is 37.1 Å². The van der Waals surface area contributed by atoms with E-state index in [0.717, 1.165) is 6.54 Å². The van der Waals surface area contributed by atoms with Crippen LogP contribution in [0.1, 0.15) is 39.5 Å². The van der Waals surface area contributed by atoms with Crippen molar-refractivity contribution in [1.82, 2.24) is 10.2 Å². The minimum absolute atomic E-state index is 0.160. The van der Waals surface area contributed by atoms with Crippen LogP contribution in [0.3, 0.4) is 0 Å². The quantitative estimate of drug-likeness (QED) is 0.860. The Bertz CT molecular complexity index is 371. The Morgan fingerprint density at radius 2 is 2.17 bits per heavy atom. The molecule has 0 spiro atoms. The summed E-state index contributed by atoms with van der Waals surface area (Å²) in [6.45, 7) is 11.5. The molecule has 0 unspecified atom stereocenters. The summed E-state index contributed by atoms with van der Waals surface area (Å²) in [7, 11) is 0. The largest absolute Gasteiger partial charge is 0.334 e. The van der Waals surface area contributed by atoms with Crippen LogP contribution >= 0.6 is 11.3 Å². The topological polar surface area (TPSA) is 32.3 Å². The number of nitrogens with zero attached hydrogens (tertiary/aromatic N) is 1. The van der Waals surface area contributed by atoms with Gasteiger partial charge >= 0.3 is 0 Å². The Balaban J connectivity index is 2.82. The zero-order chi connectivity index (χ0) is 13.8. The molecule has 0 saturated heterocycles. The molecule has 102 valence electrons. The predicted octanol–water partition coefficient (Wildman–Crippen LogP) is 2.87. The zero-order valence-corrected chi connectivity index (χ0v) is 12.8. The fourth-order valence-electron chi connectivity index (χ4n) is 1.94. The van der Waals surface area contributed by atoms with Gasteiger partial charge in [-0.2, -0.15) is 0 Å². The summed E-state index contributed by atoms with van der Waals surface area (Å²) in [6, 6.07) is 4.31. The summed E-state index contributed by atoms with van der Waals surface area (Å²) in [4.78, 5) is 15.8. The second-order valence-corrected chi connectivity index (χ2v) is 6.29. The first-order valence-electron chi connectivity index (χ1n) is 6.47. The van der Waals surface area contributed by atoms with Gasteiger partial charge in [0.05, 0.1) is 12.1 Å². The summed E-state index contributed by atoms with van der Waals surface area (Å²) < 4.78 is 0. The van der Waals surface area contributed by atoms with Crippen molar-refractivity contribution in [3.8, 4) is 0 Å². The number of amides is 1. The number of rotatable bonds is 6. The maximum absolute atomic E-state index is 12.6. The highest BCUT2D eigenvalue weighted by atomic mass is 32.1. The van der Waals surface area contributed by atoms with Crippen LogP contribution in [-0.4, -0.2) is 28.9 Å². The molecule has 0 aliphatic carbocycles. The summed E-state index contributed by atoms with van der Waals surface area (Å²) >= 11 is 1.70. The van der Waals surface area contributed by atoms with Crippen molar-refractivity contribution in [3.63, 3.8) is 0 Å². The van der Waals surface area contributed by atoms with Gasteiger partial charge in [-0.15, -0.1) is 11.3 Å². The third-order valence-electron chi connectivity index (χ3n) is 2.94. The molecule has 0 aromatic carbocycles. The molecule has 0 radical (unpaired) electrons. The van der Waals surface area contributed by atoms with Crippen molar-refractivity contribution < 1.29 is 4.79 Å². The molecular formula is C14H24N2OS. The molecule has 0 saturated carbocycles. The summed E-state index contributed by atoms with van der Waals surface area (Å²) in [5, 5.41) is 5.30. The molecule has 3 nitrogen and oxygen atoms in total. The summed E-state index contributed by atoms with van der Waals surface area (Å²) in [5.41, 5.74) is -0.504. The minimum Gasteiger partial charge on any atom is -0.334 e. The lowest BCUT2D eigenvalue weighted by Gasteiger charge is -2.35. The molecule has 0 aliphatic heterocycles. The Morgan fingerprint density at radius 3 is 2.61 bits per heavy atom. The number of carbonyl (C=O) groups excluding carboxylic acids is 1. The normalized spacial score (nSPS) is 11.9. The van der Waals surface area contributed by atoms with Crippen molar-refractivity contribution in [3.05, 3.63) is 22.4 Å². The van der Waals surface area contributed by atoms with Crippen molar-refractivity contribution in [2.45, 2.75) is 52.7 Å². The Kier molecular flexibility index (Phi) is 5.35. The van der Waals surface area contributed by atoms with Gasteiger partial charge in [-0.25, -0.2) is 0 Å². The predicted molar refractivity (Wildman–Crippen MR) is 77.8 cm³/mol. The number of likely N-dealkylation sites (N-methyl/N-ethyl adjacent to an activating group) is 1. The first-order valence-corrected chi connectivity index (χ1v) is 7.35. The monoisotopic (exact) mass is 268 g/mol. The van der Waals surface area contributed by atoms with Gasteiger partial charge < -0.3 is 10.2 Å². The van der Waals surface area contributed by atoms with E-state index in [4.69, 9.17) is 0 Å². The number of hydrogen-bond acceptors (Lipinski definition) is 3. The Morgan fingerprint density at radius 1 is 1.50 bits per heavy atom. The molecule has 4 heteroatoms. The standard InChI is InChI=1S/C14H24N2OS/c1-6-15-14(4,5)13(17)16(11(2)3)10-12-8-7-9-18-12/h7-9,11,15H,6,10H2,1-5H3. The van der Waals surface area contributed by atoms with Gasteiger partial charge in [0.2, 0.25) is 5.91 Å². The Labute approximate surface area is 114 Å². The fraction of sp³-hybridized carbons (Fsp3) is 0.643. The molecule has 1 heterocycles. The summed E-state index contributed by atoms with van der Waals surface area (Å²) in [6.07, 6.45) is 0. The van der Waals surface area contributed by atoms with Gasteiger partial charge in [-0.05, 0) is 45.7 Å². The SMILES string of the molecule is CCNC(C)(C)C(=O)N(Cc1cccs1)C(C)C. The van der Waals surface area contributed by atoms with Crippen LogP contribution in [-0.2, 0) is 11.3 Å². The molecule has 1 N–H and O–H groups in total. The highest BCUT2D eigenvalue weighted by molar-refractivity contribution is 7.09. The van der Waals surface area contributed by atoms with E-state index in [-0.39, 0.29) is 11.9 Å². The smallest absolute Gasteiger partial charge is 0.242 e. The number of thiophene rings is 1. The van der Waals surface area contributed by atoms with Crippen LogP contribution < -0.4 is 5.32 Å². The van der Waals surface area contributed by atoms with Crippen LogP contribution in [0.15, 0.2) is 17.5 Å². The van der Waals surface area contributed by atoms with E-state index >= 15 is 0 Å². The average molecular weight is 268 g/mol. The van der Waals surface area contributed by atoms with E-state index < -0.39 is 5.54 Å². The van der Waals surface area contributed by atoms with Gasteiger partial charge in [-0.1, -0.05) is 13.0 Å². The molecule has 1 amide bonds. The molecule has 0 fully saturated rings. The van der Waals surface area contributed by atoms with E-state index in [9.17, 15) is 4.79 Å². The fourth-order valence-corrected chi connectivity index (χ4v) is 2.64. The minimum atomic E-state index is -0.504. The lowest BCUT2D eigenvalue weighted by molar-refractivity contribution is -0.139.